The molecule has 176 valence electrons. The van der Waals surface area contributed by atoms with Crippen LogP contribution in [0.2, 0.25) is 0 Å². The van der Waals surface area contributed by atoms with Crippen molar-refractivity contribution in [3.8, 4) is 11.4 Å². The van der Waals surface area contributed by atoms with E-state index in [0.717, 1.165) is 33.7 Å². The zero-order valence-electron chi connectivity index (χ0n) is 19.2. The van der Waals surface area contributed by atoms with Gasteiger partial charge in [-0.2, -0.15) is 9.29 Å². The number of aryl methyl sites for hydroxylation is 4. The summed E-state index contributed by atoms with van der Waals surface area (Å²) in [4.78, 5) is 17.3. The number of piperidine rings is 1. The highest BCUT2D eigenvalue weighted by atomic mass is 32.2. The Morgan fingerprint density at radius 1 is 1.24 bits per heavy atom. The molecule has 0 bridgehead atoms. The van der Waals surface area contributed by atoms with Gasteiger partial charge in [-0.15, -0.1) is 11.3 Å². The molecule has 1 N–H and O–H groups in total. The molecule has 0 saturated carbocycles. The summed E-state index contributed by atoms with van der Waals surface area (Å²) in [5, 5.41) is 8.67. The Bertz CT molecular complexity index is 1260. The molecule has 2 aromatic heterocycles. The Morgan fingerprint density at radius 3 is 2.64 bits per heavy atom. The SMILES string of the molecule is CCc1nc(-c2csc(S(=O)(=O)N3CCC[C@@H](C(=O)Nc4c(C)cc(C)cc4C)C3)c2)no1. The fourth-order valence-corrected chi connectivity index (χ4v) is 7.02. The predicted molar refractivity (Wildman–Crippen MR) is 128 cm³/mol. The molecule has 1 amide bonds. The summed E-state index contributed by atoms with van der Waals surface area (Å²) in [6, 6.07) is 5.64. The quantitative estimate of drug-likeness (QED) is 0.554. The molecule has 4 rings (SSSR count). The smallest absolute Gasteiger partial charge is 0.252 e. The van der Waals surface area contributed by atoms with Crippen LogP contribution >= 0.6 is 11.3 Å². The number of carbonyl (C=O) groups excluding carboxylic acids is 1. The molecule has 0 unspecified atom stereocenters. The van der Waals surface area contributed by atoms with Crippen LogP contribution < -0.4 is 5.32 Å². The van der Waals surface area contributed by atoms with Gasteiger partial charge in [0.05, 0.1) is 5.92 Å². The molecule has 1 aromatic carbocycles. The minimum absolute atomic E-state index is 0.143. The summed E-state index contributed by atoms with van der Waals surface area (Å²) in [6.45, 7) is 8.42. The number of benzene rings is 1. The van der Waals surface area contributed by atoms with E-state index < -0.39 is 15.9 Å². The topological polar surface area (TPSA) is 105 Å². The van der Waals surface area contributed by atoms with Gasteiger partial charge in [-0.1, -0.05) is 29.8 Å². The highest BCUT2D eigenvalue weighted by Gasteiger charge is 2.34. The van der Waals surface area contributed by atoms with Crippen molar-refractivity contribution in [3.05, 3.63) is 46.2 Å². The van der Waals surface area contributed by atoms with Crippen molar-refractivity contribution in [3.63, 3.8) is 0 Å². The Kier molecular flexibility index (Phi) is 6.69. The second-order valence-electron chi connectivity index (χ2n) is 8.48. The third-order valence-corrected chi connectivity index (χ3v) is 9.16. The van der Waals surface area contributed by atoms with Gasteiger partial charge in [0.25, 0.3) is 10.0 Å². The predicted octanol–water partition coefficient (Wildman–Crippen LogP) is 4.33. The minimum atomic E-state index is -3.72. The summed E-state index contributed by atoms with van der Waals surface area (Å²) in [5.74, 6) is 0.335. The molecule has 10 heteroatoms. The van der Waals surface area contributed by atoms with Gasteiger partial charge in [0, 0.05) is 36.1 Å². The maximum absolute atomic E-state index is 13.3. The molecule has 1 atom stereocenters. The maximum Gasteiger partial charge on any atom is 0.252 e. The molecule has 3 heterocycles. The van der Waals surface area contributed by atoms with Crippen LogP contribution in [0.15, 0.2) is 32.3 Å². The number of amides is 1. The lowest BCUT2D eigenvalue weighted by Crippen LogP contribution is -2.43. The summed E-state index contributed by atoms with van der Waals surface area (Å²) in [6.07, 6.45) is 1.90. The fraction of sp³-hybridized carbons (Fsp3) is 0.435. The molecule has 0 aliphatic carbocycles. The van der Waals surface area contributed by atoms with E-state index in [2.05, 4.69) is 15.5 Å². The Morgan fingerprint density at radius 2 is 1.97 bits per heavy atom. The van der Waals surface area contributed by atoms with E-state index in [4.69, 9.17) is 4.52 Å². The number of carbonyl (C=O) groups is 1. The van der Waals surface area contributed by atoms with Gasteiger partial charge in [-0.05, 0) is 50.8 Å². The molecule has 33 heavy (non-hydrogen) atoms. The lowest BCUT2D eigenvalue weighted by molar-refractivity contribution is -0.120. The van der Waals surface area contributed by atoms with Crippen molar-refractivity contribution in [2.45, 2.75) is 51.2 Å². The third-order valence-electron chi connectivity index (χ3n) is 5.88. The van der Waals surface area contributed by atoms with Crippen molar-refractivity contribution in [1.29, 1.82) is 0 Å². The number of hydrogen-bond donors (Lipinski definition) is 1. The van der Waals surface area contributed by atoms with Crippen LogP contribution in [-0.4, -0.2) is 41.9 Å². The van der Waals surface area contributed by atoms with Crippen LogP contribution in [0.5, 0.6) is 0 Å². The van der Waals surface area contributed by atoms with E-state index in [0.29, 0.717) is 43.1 Å². The molecule has 1 aliphatic rings. The van der Waals surface area contributed by atoms with E-state index in [1.165, 1.54) is 4.31 Å². The number of aromatic nitrogens is 2. The highest BCUT2D eigenvalue weighted by Crippen LogP contribution is 2.32. The summed E-state index contributed by atoms with van der Waals surface area (Å²) < 4.78 is 33.4. The van der Waals surface area contributed by atoms with Crippen molar-refractivity contribution >= 4 is 33.0 Å². The van der Waals surface area contributed by atoms with Crippen molar-refractivity contribution < 1.29 is 17.7 Å². The number of thiophene rings is 1. The Labute approximate surface area is 198 Å². The summed E-state index contributed by atoms with van der Waals surface area (Å²) in [7, 11) is -3.72. The standard InChI is InChI=1S/C23H28N4O4S2/c1-5-19-24-22(26-31-19)18-11-20(32-13-18)33(29,30)27-8-6-7-17(12-27)23(28)25-21-15(3)9-14(2)10-16(21)4/h9-11,13,17H,5-8,12H2,1-4H3,(H,25,28)/t17-/m1/s1. The largest absolute Gasteiger partial charge is 0.339 e. The average Bonchev–Trinajstić information content (AvgIpc) is 3.46. The van der Waals surface area contributed by atoms with Crippen LogP contribution in [0.3, 0.4) is 0 Å². The number of hydrogen-bond acceptors (Lipinski definition) is 7. The van der Waals surface area contributed by atoms with E-state index >= 15 is 0 Å². The van der Waals surface area contributed by atoms with Gasteiger partial charge in [-0.25, -0.2) is 8.42 Å². The number of anilines is 1. The zero-order valence-corrected chi connectivity index (χ0v) is 20.8. The molecule has 1 saturated heterocycles. The minimum Gasteiger partial charge on any atom is -0.339 e. The first-order valence-corrected chi connectivity index (χ1v) is 13.3. The van der Waals surface area contributed by atoms with Crippen LogP contribution in [0, 0.1) is 26.7 Å². The van der Waals surface area contributed by atoms with Gasteiger partial charge >= 0.3 is 0 Å². The van der Waals surface area contributed by atoms with Gasteiger partial charge in [0.15, 0.2) is 0 Å². The highest BCUT2D eigenvalue weighted by molar-refractivity contribution is 7.91. The Balaban J connectivity index is 1.49. The van der Waals surface area contributed by atoms with E-state index in [1.54, 1.807) is 11.4 Å². The summed E-state index contributed by atoms with van der Waals surface area (Å²) >= 11 is 1.13. The Hall–Kier alpha value is -2.56. The van der Waals surface area contributed by atoms with Crippen LogP contribution in [-0.2, 0) is 21.2 Å². The van der Waals surface area contributed by atoms with Gasteiger partial charge in [0.1, 0.15) is 4.21 Å². The average molecular weight is 489 g/mol. The molecule has 3 aromatic rings. The van der Waals surface area contributed by atoms with Crippen molar-refractivity contribution in [1.82, 2.24) is 14.4 Å². The molecule has 0 spiro atoms. The zero-order chi connectivity index (χ0) is 23.8. The molecule has 1 aliphatic heterocycles. The van der Waals surface area contributed by atoms with E-state index in [-0.39, 0.29) is 16.7 Å². The number of nitrogens with one attached hydrogen (secondary N) is 1. The molecular formula is C23H28N4O4S2. The number of sulfonamides is 1. The van der Waals surface area contributed by atoms with Crippen molar-refractivity contribution in [2.24, 2.45) is 5.92 Å². The summed E-state index contributed by atoms with van der Waals surface area (Å²) in [5.41, 5.74) is 4.55. The van der Waals surface area contributed by atoms with Crippen LogP contribution in [0.4, 0.5) is 5.69 Å². The first-order valence-electron chi connectivity index (χ1n) is 11.0. The van der Waals surface area contributed by atoms with Crippen molar-refractivity contribution in [2.75, 3.05) is 18.4 Å². The lowest BCUT2D eigenvalue weighted by Gasteiger charge is -2.31. The first kappa shape index (κ1) is 23.6. The molecule has 0 radical (unpaired) electrons. The molecule has 1 fully saturated rings. The molecular weight excluding hydrogens is 460 g/mol. The normalized spacial score (nSPS) is 17.3. The van der Waals surface area contributed by atoms with Gasteiger partial charge < -0.3 is 9.84 Å². The van der Waals surface area contributed by atoms with Gasteiger partial charge in [-0.3, -0.25) is 4.79 Å². The fourth-order valence-electron chi connectivity index (χ4n) is 4.19. The van der Waals surface area contributed by atoms with Crippen LogP contribution in [0.25, 0.3) is 11.4 Å². The molecule has 8 nitrogen and oxygen atoms in total. The van der Waals surface area contributed by atoms with Crippen LogP contribution in [0.1, 0.15) is 42.3 Å². The van der Waals surface area contributed by atoms with E-state index in [1.807, 2.05) is 39.8 Å². The lowest BCUT2D eigenvalue weighted by atomic mass is 9.98. The number of rotatable bonds is 6. The van der Waals surface area contributed by atoms with E-state index in [9.17, 15) is 13.2 Å². The second kappa shape index (κ2) is 9.36. The monoisotopic (exact) mass is 488 g/mol. The number of nitrogens with zero attached hydrogens (tertiary/aromatic N) is 3. The third kappa shape index (κ3) is 4.87. The van der Waals surface area contributed by atoms with Gasteiger partial charge in [0.2, 0.25) is 17.6 Å². The maximum atomic E-state index is 13.3. The second-order valence-corrected chi connectivity index (χ2v) is 11.6. The first-order chi connectivity index (χ1) is 15.7.